The van der Waals surface area contributed by atoms with Crippen molar-refractivity contribution in [1.29, 1.82) is 0 Å². The number of aliphatic hydroxyl groups is 1. The minimum atomic E-state index is -0.630. The van der Waals surface area contributed by atoms with E-state index in [1.807, 2.05) is 0 Å². The van der Waals surface area contributed by atoms with Crippen LogP contribution >= 0.6 is 11.3 Å². The van der Waals surface area contributed by atoms with Gasteiger partial charge in [-0.15, -0.1) is 0 Å². The number of fused-ring (bicyclic) bond motifs is 1. The fourth-order valence-corrected chi connectivity index (χ4v) is 3.81. The summed E-state index contributed by atoms with van der Waals surface area (Å²) in [6.45, 7) is 0. The molecule has 1 nitrogen and oxygen atoms in total. The molecule has 1 heterocycles. The van der Waals surface area contributed by atoms with E-state index in [0.29, 0.717) is 0 Å². The lowest BCUT2D eigenvalue weighted by atomic mass is 9.83. The summed E-state index contributed by atoms with van der Waals surface area (Å²) in [5.41, 5.74) is 3.23. The number of aryl methyl sites for hydroxylation is 2. The summed E-state index contributed by atoms with van der Waals surface area (Å²) in [4.78, 5) is 0. The van der Waals surface area contributed by atoms with E-state index in [4.69, 9.17) is 0 Å². The van der Waals surface area contributed by atoms with E-state index in [1.54, 1.807) is 11.3 Å². The Kier molecular flexibility index (Phi) is 3.72. The van der Waals surface area contributed by atoms with Crippen molar-refractivity contribution < 1.29 is 5.11 Å². The molecule has 0 saturated heterocycles. The van der Waals surface area contributed by atoms with Crippen LogP contribution in [-0.4, -0.2) is 5.11 Å². The van der Waals surface area contributed by atoms with Gasteiger partial charge in [-0.25, -0.2) is 0 Å². The molecule has 2 aromatic rings. The number of rotatable bonds is 3. The predicted octanol–water partition coefficient (Wildman–Crippen LogP) is 4.29. The Balaban J connectivity index is 1.85. The molecule has 1 N–H and O–H groups in total. The highest BCUT2D eigenvalue weighted by atomic mass is 32.1. The Labute approximate surface area is 118 Å². The molecule has 1 aromatic heterocycles. The maximum absolute atomic E-state index is 11.1. The van der Waals surface area contributed by atoms with E-state index >= 15 is 0 Å². The lowest BCUT2D eigenvalue weighted by molar-refractivity contribution is 0.0183. The van der Waals surface area contributed by atoms with Crippen molar-refractivity contribution in [2.75, 3.05) is 0 Å². The van der Waals surface area contributed by atoms with Crippen molar-refractivity contribution >= 4 is 11.3 Å². The summed E-state index contributed by atoms with van der Waals surface area (Å²) < 4.78 is 0. The summed E-state index contributed by atoms with van der Waals surface area (Å²) in [6, 6.07) is 10.6. The molecule has 100 valence electrons. The summed E-state index contributed by atoms with van der Waals surface area (Å²) in [6.07, 6.45) is 6.12. The molecule has 1 aliphatic carbocycles. The van der Waals surface area contributed by atoms with Gasteiger partial charge in [-0.2, -0.15) is 11.3 Å². The van der Waals surface area contributed by atoms with E-state index in [1.165, 1.54) is 23.1 Å². The number of benzene rings is 1. The second kappa shape index (κ2) is 5.48. The van der Waals surface area contributed by atoms with E-state index in [9.17, 15) is 5.11 Å². The Hall–Kier alpha value is -1.12. The first-order valence-corrected chi connectivity index (χ1v) is 8.04. The number of thiophene rings is 1. The predicted molar refractivity (Wildman–Crippen MR) is 80.5 cm³/mol. The first-order chi connectivity index (χ1) is 9.28. The zero-order valence-electron chi connectivity index (χ0n) is 11.1. The molecule has 19 heavy (non-hydrogen) atoms. The van der Waals surface area contributed by atoms with Crippen LogP contribution in [0.3, 0.4) is 0 Å². The van der Waals surface area contributed by atoms with Gasteiger partial charge in [-0.3, -0.25) is 0 Å². The van der Waals surface area contributed by atoms with E-state index < -0.39 is 5.60 Å². The standard InChI is InChI=1S/C17H20OS/c18-17(11-8-14-9-12-19-13-14)10-4-3-6-15-5-1-2-7-16(15)17/h1-2,5,7,9,12-13,18H,3-4,6,8,10-11H2. The second-order valence-electron chi connectivity index (χ2n) is 5.53. The fourth-order valence-electron chi connectivity index (χ4n) is 3.11. The Morgan fingerprint density at radius 3 is 2.89 bits per heavy atom. The Morgan fingerprint density at radius 1 is 1.16 bits per heavy atom. The molecule has 0 radical (unpaired) electrons. The van der Waals surface area contributed by atoms with E-state index in [0.717, 1.165) is 32.1 Å². The van der Waals surface area contributed by atoms with Gasteiger partial charge in [0.05, 0.1) is 5.60 Å². The van der Waals surface area contributed by atoms with Gasteiger partial charge >= 0.3 is 0 Å². The SMILES string of the molecule is OC1(CCc2ccsc2)CCCCc2ccccc21. The second-order valence-corrected chi connectivity index (χ2v) is 6.31. The van der Waals surface area contributed by atoms with E-state index in [-0.39, 0.29) is 0 Å². The van der Waals surface area contributed by atoms with Gasteiger partial charge in [0.15, 0.2) is 0 Å². The van der Waals surface area contributed by atoms with Crippen LogP contribution in [0.15, 0.2) is 41.1 Å². The van der Waals surface area contributed by atoms with Crippen LogP contribution in [0.4, 0.5) is 0 Å². The van der Waals surface area contributed by atoms with Crippen LogP contribution in [0, 0.1) is 0 Å². The zero-order valence-corrected chi connectivity index (χ0v) is 12.0. The molecule has 0 amide bonds. The van der Waals surface area contributed by atoms with Gasteiger partial charge in [-0.05, 0) is 72.0 Å². The molecule has 3 rings (SSSR count). The maximum Gasteiger partial charge on any atom is 0.0902 e. The van der Waals surface area contributed by atoms with Crippen molar-refractivity contribution in [2.24, 2.45) is 0 Å². The molecule has 1 atom stereocenters. The highest BCUT2D eigenvalue weighted by Crippen LogP contribution is 2.37. The molecule has 1 aromatic carbocycles. The molecule has 1 aliphatic rings. The normalized spacial score (nSPS) is 22.8. The lowest BCUT2D eigenvalue weighted by Crippen LogP contribution is -2.26. The van der Waals surface area contributed by atoms with Gasteiger partial charge in [0.25, 0.3) is 0 Å². The molecule has 0 aliphatic heterocycles. The van der Waals surface area contributed by atoms with Crippen LogP contribution in [0.1, 0.15) is 42.4 Å². The molecule has 0 saturated carbocycles. The molecular weight excluding hydrogens is 252 g/mol. The average molecular weight is 272 g/mol. The van der Waals surface area contributed by atoms with Crippen molar-refractivity contribution in [1.82, 2.24) is 0 Å². The third-order valence-electron chi connectivity index (χ3n) is 4.21. The van der Waals surface area contributed by atoms with Crippen LogP contribution in [0.5, 0.6) is 0 Å². The molecule has 0 bridgehead atoms. The van der Waals surface area contributed by atoms with Gasteiger partial charge in [-0.1, -0.05) is 24.3 Å². The van der Waals surface area contributed by atoms with Crippen LogP contribution < -0.4 is 0 Å². The maximum atomic E-state index is 11.1. The van der Waals surface area contributed by atoms with Crippen LogP contribution in [0.25, 0.3) is 0 Å². The largest absolute Gasteiger partial charge is 0.385 e. The minimum absolute atomic E-state index is 0.630. The summed E-state index contributed by atoms with van der Waals surface area (Å²) >= 11 is 1.73. The average Bonchev–Trinajstić information content (AvgIpc) is 2.89. The van der Waals surface area contributed by atoms with Crippen LogP contribution in [-0.2, 0) is 18.4 Å². The summed E-state index contributed by atoms with van der Waals surface area (Å²) in [5, 5.41) is 15.4. The molecular formula is C17H20OS. The van der Waals surface area contributed by atoms with Gasteiger partial charge in [0.1, 0.15) is 0 Å². The minimum Gasteiger partial charge on any atom is -0.385 e. The first kappa shape index (κ1) is 12.9. The fraction of sp³-hybridized carbons (Fsp3) is 0.412. The molecule has 2 heteroatoms. The quantitative estimate of drug-likeness (QED) is 0.826. The van der Waals surface area contributed by atoms with Crippen LogP contribution in [0.2, 0.25) is 0 Å². The molecule has 0 spiro atoms. The molecule has 0 fully saturated rings. The van der Waals surface area contributed by atoms with Crippen molar-refractivity contribution in [3.05, 3.63) is 57.8 Å². The highest BCUT2D eigenvalue weighted by molar-refractivity contribution is 7.07. The third kappa shape index (κ3) is 2.75. The smallest absolute Gasteiger partial charge is 0.0902 e. The highest BCUT2D eigenvalue weighted by Gasteiger charge is 2.32. The van der Waals surface area contributed by atoms with Crippen molar-refractivity contribution in [3.63, 3.8) is 0 Å². The van der Waals surface area contributed by atoms with Gasteiger partial charge < -0.3 is 5.11 Å². The summed E-state index contributed by atoms with van der Waals surface area (Å²) in [5.74, 6) is 0. The molecule has 1 unspecified atom stereocenters. The monoisotopic (exact) mass is 272 g/mol. The Morgan fingerprint density at radius 2 is 2.05 bits per heavy atom. The van der Waals surface area contributed by atoms with Crippen molar-refractivity contribution in [3.8, 4) is 0 Å². The first-order valence-electron chi connectivity index (χ1n) is 7.10. The number of hydrogen-bond donors (Lipinski definition) is 1. The van der Waals surface area contributed by atoms with Gasteiger partial charge in [0.2, 0.25) is 0 Å². The topological polar surface area (TPSA) is 20.2 Å². The van der Waals surface area contributed by atoms with Crippen molar-refractivity contribution in [2.45, 2.75) is 44.1 Å². The number of hydrogen-bond acceptors (Lipinski definition) is 2. The summed E-state index contributed by atoms with van der Waals surface area (Å²) in [7, 11) is 0. The van der Waals surface area contributed by atoms with E-state index in [2.05, 4.69) is 41.1 Å². The Bertz CT molecular complexity index is 532. The third-order valence-corrected chi connectivity index (χ3v) is 4.94. The zero-order chi connectivity index (χ0) is 13.1. The lowest BCUT2D eigenvalue weighted by Gasteiger charge is -2.29. The van der Waals surface area contributed by atoms with Gasteiger partial charge in [0, 0.05) is 0 Å².